The number of aryl methyl sites for hydroxylation is 2. The number of aliphatic hydroxyl groups is 1. The second kappa shape index (κ2) is 4.02. The van der Waals surface area contributed by atoms with E-state index in [0.29, 0.717) is 5.82 Å². The molecule has 0 aromatic carbocycles. The zero-order valence-corrected chi connectivity index (χ0v) is 9.55. The van der Waals surface area contributed by atoms with Gasteiger partial charge in [0.1, 0.15) is 0 Å². The molecule has 0 fully saturated rings. The largest absolute Gasteiger partial charge is 0.389 e. The summed E-state index contributed by atoms with van der Waals surface area (Å²) >= 11 is 0. The average molecular weight is 218 g/mol. The third-order valence-corrected chi connectivity index (χ3v) is 2.43. The molecule has 0 spiro atoms. The summed E-state index contributed by atoms with van der Waals surface area (Å²) < 4.78 is 1.70. The van der Waals surface area contributed by atoms with Crippen molar-refractivity contribution < 1.29 is 5.11 Å². The van der Waals surface area contributed by atoms with Gasteiger partial charge in [0, 0.05) is 30.7 Å². The number of hydrogen-bond acceptors (Lipinski definition) is 4. The lowest BCUT2D eigenvalue weighted by molar-refractivity contribution is 0.197. The van der Waals surface area contributed by atoms with Crippen molar-refractivity contribution in [3.05, 3.63) is 29.8 Å². The van der Waals surface area contributed by atoms with E-state index in [0.717, 1.165) is 16.8 Å². The molecule has 0 bridgehead atoms. The summed E-state index contributed by atoms with van der Waals surface area (Å²) in [7, 11) is 1.85. The van der Waals surface area contributed by atoms with Gasteiger partial charge in [0.25, 0.3) is 0 Å². The van der Waals surface area contributed by atoms with E-state index in [-0.39, 0.29) is 0 Å². The molecule has 2 heterocycles. The molecule has 0 aliphatic carbocycles. The van der Waals surface area contributed by atoms with Crippen molar-refractivity contribution in [3.63, 3.8) is 0 Å². The van der Waals surface area contributed by atoms with Crippen molar-refractivity contribution in [2.45, 2.75) is 20.0 Å². The average Bonchev–Trinajstić information content (AvgIpc) is 2.64. The van der Waals surface area contributed by atoms with Crippen LogP contribution in [0.4, 0.5) is 0 Å². The summed E-state index contributed by atoms with van der Waals surface area (Å²) in [4.78, 5) is 8.57. The number of rotatable bonds is 2. The van der Waals surface area contributed by atoms with Crippen LogP contribution >= 0.6 is 0 Å². The highest BCUT2D eigenvalue weighted by Gasteiger charge is 2.10. The number of nitrogens with zero attached hydrogens (tertiary/aromatic N) is 4. The van der Waals surface area contributed by atoms with Crippen molar-refractivity contribution in [3.8, 4) is 11.4 Å². The molecule has 2 aromatic rings. The maximum Gasteiger partial charge on any atom is 0.162 e. The molecule has 1 unspecified atom stereocenters. The highest BCUT2D eigenvalue weighted by atomic mass is 16.3. The molecular formula is C11H14N4O. The van der Waals surface area contributed by atoms with Crippen LogP contribution in [0.3, 0.4) is 0 Å². The van der Waals surface area contributed by atoms with Crippen LogP contribution in [-0.4, -0.2) is 24.9 Å². The van der Waals surface area contributed by atoms with Gasteiger partial charge in [-0.1, -0.05) is 0 Å². The number of hydrogen-bond donors (Lipinski definition) is 1. The molecule has 0 aliphatic heterocycles. The quantitative estimate of drug-likeness (QED) is 0.823. The summed E-state index contributed by atoms with van der Waals surface area (Å²) in [5.41, 5.74) is 2.43. The molecule has 0 saturated heterocycles. The Balaban J connectivity index is 2.42. The van der Waals surface area contributed by atoms with Gasteiger partial charge in [-0.05, 0) is 13.8 Å². The summed E-state index contributed by atoms with van der Waals surface area (Å²) in [6, 6.07) is 0. The normalized spacial score (nSPS) is 12.8. The first-order valence-corrected chi connectivity index (χ1v) is 5.08. The van der Waals surface area contributed by atoms with Crippen LogP contribution in [0.25, 0.3) is 11.4 Å². The van der Waals surface area contributed by atoms with Crippen molar-refractivity contribution in [2.24, 2.45) is 7.05 Å². The number of aliphatic hydroxyl groups excluding tert-OH is 1. The lowest BCUT2D eigenvalue weighted by Crippen LogP contribution is -2.00. The molecular weight excluding hydrogens is 204 g/mol. The predicted molar refractivity (Wildman–Crippen MR) is 59.6 cm³/mol. The second-order valence-electron chi connectivity index (χ2n) is 3.81. The van der Waals surface area contributed by atoms with E-state index in [1.54, 1.807) is 24.0 Å². The lowest BCUT2D eigenvalue weighted by Gasteiger charge is -2.07. The maximum absolute atomic E-state index is 9.47. The molecule has 1 N–H and O–H groups in total. The first kappa shape index (κ1) is 10.8. The predicted octanol–water partition coefficient (Wildman–Crippen LogP) is 1.24. The minimum atomic E-state index is -0.539. The molecule has 5 nitrogen and oxygen atoms in total. The molecule has 2 rings (SSSR count). The molecule has 84 valence electrons. The minimum Gasteiger partial charge on any atom is -0.389 e. The van der Waals surface area contributed by atoms with Crippen molar-refractivity contribution in [2.75, 3.05) is 0 Å². The fraction of sp³-hybridized carbons (Fsp3) is 0.364. The van der Waals surface area contributed by atoms with Crippen LogP contribution in [0, 0.1) is 6.92 Å². The van der Waals surface area contributed by atoms with Gasteiger partial charge in [-0.3, -0.25) is 4.68 Å². The molecule has 2 aromatic heterocycles. The fourth-order valence-corrected chi connectivity index (χ4v) is 1.56. The Morgan fingerprint density at radius 3 is 2.62 bits per heavy atom. The van der Waals surface area contributed by atoms with E-state index in [9.17, 15) is 5.11 Å². The van der Waals surface area contributed by atoms with Gasteiger partial charge >= 0.3 is 0 Å². The molecule has 5 heteroatoms. The van der Waals surface area contributed by atoms with Gasteiger partial charge in [0.05, 0.1) is 17.9 Å². The third kappa shape index (κ3) is 1.94. The summed E-state index contributed by atoms with van der Waals surface area (Å²) in [6.45, 7) is 3.57. The van der Waals surface area contributed by atoms with Crippen LogP contribution in [0.15, 0.2) is 18.6 Å². The van der Waals surface area contributed by atoms with E-state index in [1.165, 1.54) is 0 Å². The third-order valence-electron chi connectivity index (χ3n) is 2.43. The van der Waals surface area contributed by atoms with Crippen molar-refractivity contribution >= 4 is 0 Å². The number of aromatic nitrogens is 4. The van der Waals surface area contributed by atoms with E-state index in [4.69, 9.17) is 0 Å². The Morgan fingerprint density at radius 2 is 2.12 bits per heavy atom. The van der Waals surface area contributed by atoms with Crippen LogP contribution in [0.2, 0.25) is 0 Å². The van der Waals surface area contributed by atoms with Gasteiger partial charge in [0.2, 0.25) is 0 Å². The Morgan fingerprint density at radius 1 is 1.38 bits per heavy atom. The summed E-state index contributed by atoms with van der Waals surface area (Å²) in [5, 5.41) is 13.5. The lowest BCUT2D eigenvalue weighted by atomic mass is 10.1. The highest BCUT2D eigenvalue weighted by molar-refractivity contribution is 5.52. The first-order valence-electron chi connectivity index (χ1n) is 5.08. The standard InChI is InChI=1S/C11H14N4O/c1-7-10(8(2)16)5-12-11(14-7)9-4-13-15(3)6-9/h4-6,8,16H,1-3H3. The molecule has 0 radical (unpaired) electrons. The zero-order valence-electron chi connectivity index (χ0n) is 9.55. The Labute approximate surface area is 93.8 Å². The fourth-order valence-electron chi connectivity index (χ4n) is 1.56. The molecule has 16 heavy (non-hydrogen) atoms. The van der Waals surface area contributed by atoms with Gasteiger partial charge in [-0.15, -0.1) is 0 Å². The van der Waals surface area contributed by atoms with Gasteiger partial charge in [0.15, 0.2) is 5.82 Å². The van der Waals surface area contributed by atoms with E-state index in [1.807, 2.05) is 20.2 Å². The smallest absolute Gasteiger partial charge is 0.162 e. The van der Waals surface area contributed by atoms with Crippen molar-refractivity contribution in [1.29, 1.82) is 0 Å². The highest BCUT2D eigenvalue weighted by Crippen LogP contribution is 2.18. The van der Waals surface area contributed by atoms with E-state index < -0.39 is 6.10 Å². The monoisotopic (exact) mass is 218 g/mol. The maximum atomic E-state index is 9.47. The van der Waals surface area contributed by atoms with Crippen LogP contribution in [-0.2, 0) is 7.05 Å². The zero-order chi connectivity index (χ0) is 11.7. The SMILES string of the molecule is Cc1nc(-c2cnn(C)c2)ncc1C(C)O. The molecule has 1 atom stereocenters. The second-order valence-corrected chi connectivity index (χ2v) is 3.81. The van der Waals surface area contributed by atoms with E-state index in [2.05, 4.69) is 15.1 Å². The van der Waals surface area contributed by atoms with Crippen molar-refractivity contribution in [1.82, 2.24) is 19.7 Å². The minimum absolute atomic E-state index is 0.539. The van der Waals surface area contributed by atoms with E-state index >= 15 is 0 Å². The Kier molecular flexibility index (Phi) is 2.70. The van der Waals surface area contributed by atoms with Crippen LogP contribution in [0.1, 0.15) is 24.3 Å². The van der Waals surface area contributed by atoms with Gasteiger partial charge in [-0.25, -0.2) is 9.97 Å². The Bertz CT molecular complexity index is 504. The summed E-state index contributed by atoms with van der Waals surface area (Å²) in [5.74, 6) is 0.634. The molecule has 0 aliphatic rings. The van der Waals surface area contributed by atoms with Gasteiger partial charge in [-0.2, -0.15) is 5.10 Å². The van der Waals surface area contributed by atoms with Crippen LogP contribution in [0.5, 0.6) is 0 Å². The first-order chi connectivity index (χ1) is 7.58. The summed E-state index contributed by atoms with van der Waals surface area (Å²) in [6.07, 6.45) is 4.70. The molecule has 0 amide bonds. The topological polar surface area (TPSA) is 63.8 Å². The molecule has 0 saturated carbocycles. The van der Waals surface area contributed by atoms with Gasteiger partial charge < -0.3 is 5.11 Å². The Hall–Kier alpha value is -1.75. The van der Waals surface area contributed by atoms with Crippen LogP contribution < -0.4 is 0 Å².